The topological polar surface area (TPSA) is 164 Å². The van der Waals surface area contributed by atoms with Crippen LogP contribution in [0.1, 0.15) is 40.0 Å². The molecule has 0 aromatic heterocycles. The van der Waals surface area contributed by atoms with Crippen molar-refractivity contribution in [3.63, 3.8) is 0 Å². The molecule has 1 heterocycles. The predicted molar refractivity (Wildman–Crippen MR) is 155 cm³/mol. The molecule has 0 bridgehead atoms. The van der Waals surface area contributed by atoms with Crippen LogP contribution in [0.4, 0.5) is 0 Å². The molecule has 0 aromatic carbocycles. The van der Waals surface area contributed by atoms with Crippen molar-refractivity contribution in [3.05, 3.63) is 36.5 Å². The van der Waals surface area contributed by atoms with Crippen LogP contribution in [-0.2, 0) is 4.74 Å². The molecule has 12 heteroatoms. The molecule has 0 radical (unpaired) electrons. The third-order valence-corrected chi connectivity index (χ3v) is 4.38. The summed E-state index contributed by atoms with van der Waals surface area (Å²) in [7, 11) is -0.777. The van der Waals surface area contributed by atoms with E-state index in [1.807, 2.05) is 12.1 Å². The van der Waals surface area contributed by atoms with Gasteiger partial charge in [-0.15, -0.1) is 0 Å². The predicted octanol–water partition coefficient (Wildman–Crippen LogP) is -4.21. The largest absolute Gasteiger partial charge is 1.00 e. The molecule has 1 rings (SSSR count). The minimum absolute atomic E-state index is 0. The van der Waals surface area contributed by atoms with Crippen molar-refractivity contribution in [1.82, 2.24) is 0 Å². The standard InChI is InChI=1S/C6H13NO.C6H9NO.C5H11NP.C4H8O2.C4H8O.Al.HI.Li.4H/c2*7-5-3-1-2-4-6-8;1-7(2,3)5-4-6;5-3-1-2-4-6;1-2-4-5-3-1;;;;;;;/h2,4,8H,1,3,5-7H2;2,4,8H,1,3,6H2;5H2,1-3H3;1-2,5-6H,3-4H2;1-4H2;;1H;;;;;/q;;+1;;;;;+1;;;;-1/p-1/b2*4-2-;;2-1-;;;;;;;;. The first-order valence-electron chi connectivity index (χ1n) is 11.5. The van der Waals surface area contributed by atoms with Gasteiger partial charge in [0, 0.05) is 46.9 Å². The van der Waals surface area contributed by atoms with Crippen LogP contribution in [0.2, 0.25) is 0 Å². The molecule has 1 aliphatic heterocycles. The normalized spacial score (nSPS) is 11.3. The smallest absolute Gasteiger partial charge is 1.00 e. The molecule has 0 unspecified atom stereocenters. The molecular weight excluding hydrogens is 614 g/mol. The Morgan fingerprint density at radius 3 is 1.46 bits per heavy atom. The molecular formula is C25H53AlILiN3O5P. The molecule has 1 saturated heterocycles. The van der Waals surface area contributed by atoms with Gasteiger partial charge in [0.1, 0.15) is 12.2 Å². The molecule has 1 fully saturated rings. The maximum Gasteiger partial charge on any atom is 1.00 e. The van der Waals surface area contributed by atoms with Gasteiger partial charge < -0.3 is 56.3 Å². The summed E-state index contributed by atoms with van der Waals surface area (Å²) < 4.78 is 4.94. The van der Waals surface area contributed by atoms with Crippen molar-refractivity contribution in [3.8, 4) is 12.1 Å². The van der Waals surface area contributed by atoms with Gasteiger partial charge in [-0.3, -0.25) is 0 Å². The monoisotopic (exact) mass is 667 g/mol. The van der Waals surface area contributed by atoms with E-state index in [9.17, 15) is 0 Å². The second kappa shape index (κ2) is 52.6. The fourth-order valence-corrected chi connectivity index (χ4v) is 2.06. The summed E-state index contributed by atoms with van der Waals surface area (Å²) in [4.78, 5) is 0. The molecule has 0 amide bonds. The number of rotatable bonds is 10. The molecule has 37 heavy (non-hydrogen) atoms. The number of unbranched alkanes of at least 4 members (excludes halogenated alkanes) is 2. The Balaban J connectivity index is -0.0000000484. The van der Waals surface area contributed by atoms with Gasteiger partial charge in [-0.2, -0.15) is 10.5 Å². The van der Waals surface area contributed by atoms with Crippen molar-refractivity contribution in [2.75, 3.05) is 72.3 Å². The van der Waals surface area contributed by atoms with Gasteiger partial charge >= 0.3 is 18.9 Å². The first-order valence-corrected chi connectivity index (χ1v) is 14.8. The van der Waals surface area contributed by atoms with E-state index in [2.05, 4.69) is 26.1 Å². The summed E-state index contributed by atoms with van der Waals surface area (Å²) in [5.41, 5.74) is 5.21. The van der Waals surface area contributed by atoms with Gasteiger partial charge in [0.25, 0.3) is 0 Å². The minimum Gasteiger partial charge on any atom is -1.00 e. The molecule has 1 aliphatic rings. The van der Waals surface area contributed by atoms with E-state index in [0.717, 1.165) is 45.2 Å². The Labute approximate surface area is 268 Å². The second-order valence-corrected chi connectivity index (χ2v) is 12.6. The summed E-state index contributed by atoms with van der Waals surface area (Å²) >= 11 is 0. The molecule has 8 nitrogen and oxygen atoms in total. The van der Waals surface area contributed by atoms with Crippen LogP contribution < -0.4 is 48.6 Å². The zero-order valence-electron chi connectivity index (χ0n) is 23.9. The number of halogens is 1. The summed E-state index contributed by atoms with van der Waals surface area (Å²) in [6.07, 6.45) is 16.7. The maximum atomic E-state index is 8.25. The number of nitrogens with two attached hydrogens (primary N) is 1. The first-order chi connectivity index (χ1) is 16.3. The molecule has 0 saturated carbocycles. The third-order valence-electron chi connectivity index (χ3n) is 3.29. The quantitative estimate of drug-likeness (QED) is 0.0515. The van der Waals surface area contributed by atoms with Crippen LogP contribution in [0.15, 0.2) is 36.5 Å². The van der Waals surface area contributed by atoms with Crippen LogP contribution in [0, 0.1) is 22.7 Å². The number of aliphatic hydroxyl groups is 4. The van der Waals surface area contributed by atoms with Crippen LogP contribution in [0.25, 0.3) is 0 Å². The van der Waals surface area contributed by atoms with Gasteiger partial charge in [0.2, 0.25) is 0 Å². The van der Waals surface area contributed by atoms with Gasteiger partial charge in [0.15, 0.2) is 17.4 Å². The number of hydrogen-bond donors (Lipinski definition) is 5. The van der Waals surface area contributed by atoms with Crippen LogP contribution in [-0.4, -0.2) is 110 Å². The van der Waals surface area contributed by atoms with Gasteiger partial charge in [0.05, 0.1) is 32.5 Å². The van der Waals surface area contributed by atoms with Crippen molar-refractivity contribution < 1.29 is 69.4 Å². The first kappa shape index (κ1) is 53.5. The average Bonchev–Trinajstić information content (AvgIpc) is 3.39. The van der Waals surface area contributed by atoms with E-state index in [4.69, 9.17) is 41.4 Å². The Bertz CT molecular complexity index is 545. The van der Waals surface area contributed by atoms with Crippen LogP contribution in [0.3, 0.4) is 0 Å². The van der Waals surface area contributed by atoms with E-state index in [0.29, 0.717) is 6.42 Å². The van der Waals surface area contributed by atoms with Gasteiger partial charge in [-0.05, 0) is 38.6 Å². The number of hydrogen-bond acceptors (Lipinski definition) is 8. The molecule has 6 N–H and O–H groups in total. The molecule has 0 spiro atoms. The third kappa shape index (κ3) is 85.9. The van der Waals surface area contributed by atoms with Crippen LogP contribution >= 0.6 is 7.26 Å². The van der Waals surface area contributed by atoms with E-state index in [1.54, 1.807) is 18.2 Å². The summed E-state index contributed by atoms with van der Waals surface area (Å²) in [5, 5.41) is 48.6. The zero-order chi connectivity index (χ0) is 26.8. The summed E-state index contributed by atoms with van der Waals surface area (Å²) in [6, 6.07) is 4.15. The number of nitrogens with zero attached hydrogens (tertiary/aromatic N) is 2. The number of allylic oxidation sites excluding steroid dienone is 2. The van der Waals surface area contributed by atoms with Crippen molar-refractivity contribution in [2.45, 2.75) is 38.5 Å². The Kier molecular flexibility index (Phi) is 76.1. The van der Waals surface area contributed by atoms with Gasteiger partial charge in [-0.1, -0.05) is 36.5 Å². The molecule has 214 valence electrons. The Hall–Kier alpha value is 0.250. The molecule has 0 aromatic rings. The fraction of sp³-hybridized carbons (Fsp3) is 0.680. The number of ether oxygens (including phenoxy) is 1. The van der Waals surface area contributed by atoms with Crippen molar-refractivity contribution in [1.29, 1.82) is 10.5 Å². The molecule has 0 atom stereocenters. The van der Waals surface area contributed by atoms with Crippen molar-refractivity contribution in [2.24, 2.45) is 5.73 Å². The Morgan fingerprint density at radius 1 is 0.811 bits per heavy atom. The Morgan fingerprint density at radius 2 is 1.22 bits per heavy atom. The van der Waals surface area contributed by atoms with E-state index >= 15 is 0 Å². The maximum absolute atomic E-state index is 8.25. The van der Waals surface area contributed by atoms with Crippen molar-refractivity contribution >= 4 is 24.6 Å². The fourth-order valence-electron chi connectivity index (χ4n) is 1.64. The number of aliphatic hydroxyl groups excluding tert-OH is 4. The molecule has 0 aliphatic carbocycles. The second-order valence-electron chi connectivity index (χ2n) is 7.70. The van der Waals surface area contributed by atoms with Gasteiger partial charge in [-0.25, -0.2) is 0 Å². The summed E-state index contributed by atoms with van der Waals surface area (Å²) in [5.74, 6) is 0. The van der Waals surface area contributed by atoms with E-state index in [1.165, 1.54) is 25.0 Å². The van der Waals surface area contributed by atoms with Crippen LogP contribution in [0.5, 0.6) is 0 Å². The summed E-state index contributed by atoms with van der Waals surface area (Å²) in [6.45, 7) is 9.47. The van der Waals surface area contributed by atoms with E-state index in [-0.39, 0.29) is 88.1 Å². The average molecular weight is 668 g/mol. The minimum atomic E-state index is -0.777. The zero-order valence-corrected chi connectivity index (χ0v) is 25.9. The van der Waals surface area contributed by atoms with E-state index < -0.39 is 7.26 Å². The number of nitriles is 2. The SMILES string of the molecule is C1CCOC1.C[P+](C)(C)CC#N.N#CCC/C=C\CO.NCCC/C=C\CO.OC/C=C\CO.[AlH3].[H-].[I-].[Li+].